The van der Waals surface area contributed by atoms with Crippen LogP contribution in [-0.2, 0) is 0 Å². The summed E-state index contributed by atoms with van der Waals surface area (Å²) in [4.78, 5) is 4.50. The predicted octanol–water partition coefficient (Wildman–Crippen LogP) is 3.83. The van der Waals surface area contributed by atoms with Crippen molar-refractivity contribution in [3.8, 4) is 5.88 Å². The van der Waals surface area contributed by atoms with E-state index in [2.05, 4.69) is 17.2 Å². The fourth-order valence-corrected chi connectivity index (χ4v) is 2.85. The zero-order valence-electron chi connectivity index (χ0n) is 12.9. The molecule has 20 heavy (non-hydrogen) atoms. The number of ether oxygens (including phenoxy) is 1. The van der Waals surface area contributed by atoms with Gasteiger partial charge in [-0.05, 0) is 44.7 Å². The maximum atomic E-state index is 5.90. The van der Waals surface area contributed by atoms with Crippen molar-refractivity contribution in [3.63, 3.8) is 0 Å². The third-order valence-electron chi connectivity index (χ3n) is 3.95. The molecule has 3 N–H and O–H groups in total. The number of anilines is 2. The van der Waals surface area contributed by atoms with Crippen molar-refractivity contribution < 1.29 is 4.74 Å². The van der Waals surface area contributed by atoms with Gasteiger partial charge in [0, 0.05) is 6.04 Å². The largest absolute Gasteiger partial charge is 0.473 e. The van der Waals surface area contributed by atoms with Gasteiger partial charge in [-0.15, -0.1) is 0 Å². The Morgan fingerprint density at radius 2 is 2.20 bits per heavy atom. The summed E-state index contributed by atoms with van der Waals surface area (Å²) in [5.74, 6) is 2.26. The van der Waals surface area contributed by atoms with Crippen LogP contribution in [0.25, 0.3) is 0 Å². The van der Waals surface area contributed by atoms with Crippen LogP contribution in [0.3, 0.4) is 0 Å². The fourth-order valence-electron chi connectivity index (χ4n) is 2.85. The summed E-state index contributed by atoms with van der Waals surface area (Å²) in [7, 11) is 0. The summed E-state index contributed by atoms with van der Waals surface area (Å²) >= 11 is 0. The molecule has 1 aliphatic carbocycles. The molecule has 1 fully saturated rings. The normalized spacial score (nSPS) is 22.8. The van der Waals surface area contributed by atoms with Gasteiger partial charge in [0.1, 0.15) is 5.82 Å². The van der Waals surface area contributed by atoms with Crippen LogP contribution in [-0.4, -0.2) is 17.1 Å². The first kappa shape index (κ1) is 14.9. The third-order valence-corrected chi connectivity index (χ3v) is 3.95. The van der Waals surface area contributed by atoms with E-state index in [4.69, 9.17) is 10.5 Å². The topological polar surface area (TPSA) is 60.2 Å². The monoisotopic (exact) mass is 277 g/mol. The minimum Gasteiger partial charge on any atom is -0.473 e. The zero-order valence-corrected chi connectivity index (χ0v) is 12.9. The highest BCUT2D eigenvalue weighted by Gasteiger charge is 2.21. The summed E-state index contributed by atoms with van der Waals surface area (Å²) in [5, 5.41) is 3.54. The summed E-state index contributed by atoms with van der Waals surface area (Å²) < 4.78 is 5.64. The molecule has 1 heterocycles. The van der Waals surface area contributed by atoms with Gasteiger partial charge in [-0.25, -0.2) is 0 Å². The highest BCUT2D eigenvalue weighted by Crippen LogP contribution is 2.29. The number of pyridine rings is 1. The standard InChI is InChI=1S/C16H27N3O/c1-4-12-6-5-7-13(10-12)18-15-9-8-14(17)16(19-15)20-11(2)3/h8-9,11-13H,4-7,10,17H2,1-3H3,(H,18,19). The highest BCUT2D eigenvalue weighted by molar-refractivity contribution is 5.53. The molecule has 2 rings (SSSR count). The molecule has 4 nitrogen and oxygen atoms in total. The van der Waals surface area contributed by atoms with Crippen LogP contribution < -0.4 is 15.8 Å². The summed E-state index contributed by atoms with van der Waals surface area (Å²) in [6, 6.07) is 4.34. The first-order valence-electron chi connectivity index (χ1n) is 7.78. The highest BCUT2D eigenvalue weighted by atomic mass is 16.5. The maximum absolute atomic E-state index is 5.90. The van der Waals surface area contributed by atoms with Gasteiger partial charge >= 0.3 is 0 Å². The Morgan fingerprint density at radius 1 is 1.40 bits per heavy atom. The van der Waals surface area contributed by atoms with E-state index in [1.54, 1.807) is 0 Å². The Bertz CT molecular complexity index is 434. The summed E-state index contributed by atoms with van der Waals surface area (Å²) in [5.41, 5.74) is 6.50. The lowest BCUT2D eigenvalue weighted by molar-refractivity contribution is 0.234. The molecule has 0 saturated heterocycles. The van der Waals surface area contributed by atoms with E-state index in [9.17, 15) is 0 Å². The smallest absolute Gasteiger partial charge is 0.239 e. The molecule has 1 saturated carbocycles. The van der Waals surface area contributed by atoms with Crippen LogP contribution in [0.5, 0.6) is 5.88 Å². The Hall–Kier alpha value is -1.45. The van der Waals surface area contributed by atoms with Gasteiger partial charge in [-0.1, -0.05) is 26.2 Å². The number of nitrogens with one attached hydrogen (secondary N) is 1. The lowest BCUT2D eigenvalue weighted by Gasteiger charge is -2.29. The van der Waals surface area contributed by atoms with Gasteiger partial charge in [0.2, 0.25) is 5.88 Å². The second-order valence-corrected chi connectivity index (χ2v) is 6.04. The number of aromatic nitrogens is 1. The van der Waals surface area contributed by atoms with Gasteiger partial charge < -0.3 is 15.8 Å². The van der Waals surface area contributed by atoms with Crippen molar-refractivity contribution in [1.82, 2.24) is 4.98 Å². The van der Waals surface area contributed by atoms with E-state index in [0.717, 1.165) is 11.7 Å². The SMILES string of the molecule is CCC1CCCC(Nc2ccc(N)c(OC(C)C)n2)C1. The van der Waals surface area contributed by atoms with Gasteiger partial charge in [-0.3, -0.25) is 0 Å². The Balaban J connectivity index is 2.02. The van der Waals surface area contributed by atoms with E-state index in [1.165, 1.54) is 32.1 Å². The van der Waals surface area contributed by atoms with E-state index < -0.39 is 0 Å². The lowest BCUT2D eigenvalue weighted by Crippen LogP contribution is -2.27. The number of nitrogen functional groups attached to an aromatic ring is 1. The number of hydrogen-bond acceptors (Lipinski definition) is 4. The number of nitrogens with two attached hydrogens (primary N) is 1. The molecule has 0 spiro atoms. The summed E-state index contributed by atoms with van der Waals surface area (Å²) in [6.45, 7) is 6.24. The van der Waals surface area contributed by atoms with Gasteiger partial charge in [0.15, 0.2) is 0 Å². The van der Waals surface area contributed by atoms with Crippen LogP contribution in [0.2, 0.25) is 0 Å². The average molecular weight is 277 g/mol. The quantitative estimate of drug-likeness (QED) is 0.858. The molecule has 1 aromatic heterocycles. The molecule has 4 heteroatoms. The number of hydrogen-bond donors (Lipinski definition) is 2. The van der Waals surface area contributed by atoms with Crippen molar-refractivity contribution >= 4 is 11.5 Å². The van der Waals surface area contributed by atoms with Crippen LogP contribution in [0.4, 0.5) is 11.5 Å². The van der Waals surface area contributed by atoms with E-state index in [1.807, 2.05) is 26.0 Å². The van der Waals surface area contributed by atoms with E-state index >= 15 is 0 Å². The molecule has 0 aliphatic heterocycles. The average Bonchev–Trinajstić information content (AvgIpc) is 2.42. The molecule has 2 atom stereocenters. The molecular formula is C16H27N3O. The van der Waals surface area contributed by atoms with Crippen molar-refractivity contribution in [2.75, 3.05) is 11.1 Å². The molecule has 0 radical (unpaired) electrons. The summed E-state index contributed by atoms with van der Waals surface area (Å²) in [6.07, 6.45) is 6.49. The van der Waals surface area contributed by atoms with Crippen molar-refractivity contribution in [1.29, 1.82) is 0 Å². The molecule has 2 unspecified atom stereocenters. The minimum atomic E-state index is 0.0826. The zero-order chi connectivity index (χ0) is 14.5. The van der Waals surface area contributed by atoms with E-state index in [-0.39, 0.29) is 6.10 Å². The third kappa shape index (κ3) is 4.02. The first-order valence-corrected chi connectivity index (χ1v) is 7.78. The van der Waals surface area contributed by atoms with Crippen LogP contribution in [0.15, 0.2) is 12.1 Å². The molecule has 1 aliphatic rings. The second kappa shape index (κ2) is 6.82. The van der Waals surface area contributed by atoms with Crippen molar-refractivity contribution in [2.45, 2.75) is 65.0 Å². The maximum Gasteiger partial charge on any atom is 0.239 e. The Kier molecular flexibility index (Phi) is 5.10. The van der Waals surface area contributed by atoms with Gasteiger partial charge in [0.25, 0.3) is 0 Å². The predicted molar refractivity (Wildman–Crippen MR) is 84.1 cm³/mol. The first-order chi connectivity index (χ1) is 9.58. The molecule has 1 aromatic rings. The fraction of sp³-hybridized carbons (Fsp3) is 0.688. The molecule has 0 bridgehead atoms. The van der Waals surface area contributed by atoms with Crippen LogP contribution >= 0.6 is 0 Å². The van der Waals surface area contributed by atoms with E-state index in [0.29, 0.717) is 17.6 Å². The molecule has 0 aromatic carbocycles. The Labute approximate surface area is 122 Å². The molecule has 112 valence electrons. The molecule has 0 amide bonds. The number of nitrogens with zero attached hydrogens (tertiary/aromatic N) is 1. The van der Waals surface area contributed by atoms with Crippen molar-refractivity contribution in [2.24, 2.45) is 5.92 Å². The van der Waals surface area contributed by atoms with Gasteiger partial charge in [-0.2, -0.15) is 4.98 Å². The lowest BCUT2D eigenvalue weighted by atomic mass is 9.84. The van der Waals surface area contributed by atoms with Gasteiger partial charge in [0.05, 0.1) is 11.8 Å². The second-order valence-electron chi connectivity index (χ2n) is 6.04. The minimum absolute atomic E-state index is 0.0826. The number of rotatable bonds is 5. The van der Waals surface area contributed by atoms with Crippen LogP contribution in [0.1, 0.15) is 52.9 Å². The van der Waals surface area contributed by atoms with Crippen LogP contribution in [0, 0.1) is 5.92 Å². The van der Waals surface area contributed by atoms with Crippen molar-refractivity contribution in [3.05, 3.63) is 12.1 Å². The Morgan fingerprint density at radius 3 is 2.90 bits per heavy atom. The molecular weight excluding hydrogens is 250 g/mol.